The van der Waals surface area contributed by atoms with Crippen molar-refractivity contribution in [1.82, 2.24) is 20.6 Å². The summed E-state index contributed by atoms with van der Waals surface area (Å²) in [5.41, 5.74) is 0. The van der Waals surface area contributed by atoms with E-state index in [0.29, 0.717) is 12.2 Å². The van der Waals surface area contributed by atoms with Crippen molar-refractivity contribution in [3.05, 3.63) is 18.0 Å². The molecule has 1 aromatic heterocycles. The summed E-state index contributed by atoms with van der Waals surface area (Å²) < 4.78 is 23.7. The summed E-state index contributed by atoms with van der Waals surface area (Å²) >= 11 is 0. The van der Waals surface area contributed by atoms with Crippen LogP contribution in [0.2, 0.25) is 0 Å². The van der Waals surface area contributed by atoms with Gasteiger partial charge in [0.25, 0.3) is 0 Å². The number of rotatable bonds is 18. The predicted octanol–water partition coefficient (Wildman–Crippen LogP) is 5.86. The molecule has 5 atom stereocenters. The minimum absolute atomic E-state index is 0.0228. The van der Waals surface area contributed by atoms with E-state index in [-0.39, 0.29) is 30.5 Å². The van der Waals surface area contributed by atoms with Crippen LogP contribution in [0, 0.1) is 11.8 Å². The molecule has 2 unspecified atom stereocenters. The minimum Gasteiger partial charge on any atom is -0.353 e. The van der Waals surface area contributed by atoms with Crippen molar-refractivity contribution in [3.8, 4) is 0 Å². The Balaban J connectivity index is 1.15. The van der Waals surface area contributed by atoms with Crippen LogP contribution in [0.5, 0.6) is 0 Å². The van der Waals surface area contributed by atoms with Crippen LogP contribution >= 0.6 is 0 Å². The summed E-state index contributed by atoms with van der Waals surface area (Å²) in [6, 6.07) is 0. The van der Waals surface area contributed by atoms with Crippen LogP contribution in [0.3, 0.4) is 0 Å². The van der Waals surface area contributed by atoms with Crippen LogP contribution in [-0.2, 0) is 30.2 Å². The van der Waals surface area contributed by atoms with Crippen molar-refractivity contribution in [2.45, 2.75) is 134 Å². The van der Waals surface area contributed by atoms with E-state index in [2.05, 4.69) is 32.8 Å². The van der Waals surface area contributed by atoms with Crippen LogP contribution in [0.4, 0.5) is 0 Å². The Labute approximate surface area is 234 Å². The maximum absolute atomic E-state index is 13.1. The number of tetrazole rings is 1. The van der Waals surface area contributed by atoms with Gasteiger partial charge in [-0.05, 0) is 70.6 Å². The van der Waals surface area contributed by atoms with E-state index in [1.165, 1.54) is 25.7 Å². The number of hydrogen-bond acceptors (Lipinski definition) is 8. The van der Waals surface area contributed by atoms with Gasteiger partial charge in [-0.25, -0.2) is 0 Å². The van der Waals surface area contributed by atoms with Crippen molar-refractivity contribution in [2.24, 2.45) is 11.8 Å². The third-order valence-electron chi connectivity index (χ3n) is 8.29. The zero-order chi connectivity index (χ0) is 27.0. The number of hydrogen-bond donors (Lipinski definition) is 1. The van der Waals surface area contributed by atoms with E-state index >= 15 is 0 Å². The normalized spacial score (nSPS) is 28.0. The fourth-order valence-corrected chi connectivity index (χ4v) is 6.04. The van der Waals surface area contributed by atoms with Crippen molar-refractivity contribution in [3.63, 3.8) is 0 Å². The lowest BCUT2D eigenvalue weighted by Gasteiger charge is -2.28. The number of ether oxygens (including phenoxy) is 4. The van der Waals surface area contributed by atoms with Gasteiger partial charge in [0.05, 0.1) is 6.10 Å². The third-order valence-corrected chi connectivity index (χ3v) is 8.29. The number of aromatic amines is 1. The summed E-state index contributed by atoms with van der Waals surface area (Å²) in [6.07, 6.45) is 23.3. The molecule has 3 heterocycles. The first-order valence-electron chi connectivity index (χ1n) is 15.7. The molecule has 1 N–H and O–H groups in total. The summed E-state index contributed by atoms with van der Waals surface area (Å²) in [5.74, 6) is 1.36. The molecule has 0 bridgehead atoms. The van der Waals surface area contributed by atoms with Crippen molar-refractivity contribution in [2.75, 3.05) is 19.8 Å². The average Bonchev–Trinajstić information content (AvgIpc) is 3.58. The average molecular weight is 547 g/mol. The molecule has 9 nitrogen and oxygen atoms in total. The first kappa shape index (κ1) is 30.3. The molecule has 0 aromatic carbocycles. The predicted molar refractivity (Wildman–Crippen MR) is 148 cm³/mol. The molecule has 0 amide bonds. The molecule has 1 aliphatic carbocycles. The highest BCUT2D eigenvalue weighted by Crippen LogP contribution is 2.37. The molecular formula is C30H50N4O5. The second-order valence-electron chi connectivity index (χ2n) is 11.4. The van der Waals surface area contributed by atoms with E-state index in [4.69, 9.17) is 18.9 Å². The van der Waals surface area contributed by atoms with Gasteiger partial charge in [0.2, 0.25) is 0 Å². The van der Waals surface area contributed by atoms with E-state index in [1.807, 2.05) is 0 Å². The fourth-order valence-electron chi connectivity index (χ4n) is 6.04. The Morgan fingerprint density at radius 3 is 2.44 bits per heavy atom. The van der Waals surface area contributed by atoms with E-state index in [9.17, 15) is 4.79 Å². The smallest absolute Gasteiger partial charge is 0.174 e. The Morgan fingerprint density at radius 2 is 1.67 bits per heavy atom. The number of ketones is 1. The molecule has 39 heavy (non-hydrogen) atoms. The van der Waals surface area contributed by atoms with Gasteiger partial charge >= 0.3 is 0 Å². The lowest BCUT2D eigenvalue weighted by molar-refractivity contribution is -0.192. The maximum Gasteiger partial charge on any atom is 0.174 e. The Kier molecular flexibility index (Phi) is 13.9. The van der Waals surface area contributed by atoms with Gasteiger partial charge in [0.1, 0.15) is 5.78 Å². The lowest BCUT2D eigenvalue weighted by Crippen LogP contribution is -2.30. The number of carbonyl (C=O) groups excluding carboxylic acids is 1. The molecule has 3 aliphatic rings. The van der Waals surface area contributed by atoms with E-state index in [1.54, 1.807) is 0 Å². The van der Waals surface area contributed by atoms with Crippen molar-refractivity contribution in [1.29, 1.82) is 0 Å². The molecule has 1 saturated carbocycles. The zero-order valence-corrected chi connectivity index (χ0v) is 23.8. The topological polar surface area (TPSA) is 108 Å². The lowest BCUT2D eigenvalue weighted by atomic mass is 9.88. The molecule has 0 spiro atoms. The van der Waals surface area contributed by atoms with Crippen LogP contribution in [0.1, 0.15) is 115 Å². The molecule has 2 saturated heterocycles. The number of aromatic nitrogens is 4. The highest BCUT2D eigenvalue weighted by Gasteiger charge is 2.42. The Hall–Kier alpha value is -1.68. The summed E-state index contributed by atoms with van der Waals surface area (Å²) in [7, 11) is 0. The highest BCUT2D eigenvalue weighted by molar-refractivity contribution is 5.84. The first-order chi connectivity index (χ1) is 19.3. The Morgan fingerprint density at radius 1 is 0.897 bits per heavy atom. The third kappa shape index (κ3) is 11.0. The molecular weight excluding hydrogens is 496 g/mol. The van der Waals surface area contributed by atoms with E-state index in [0.717, 1.165) is 109 Å². The van der Waals surface area contributed by atoms with Crippen molar-refractivity contribution < 1.29 is 23.7 Å². The number of Topliss-reactive ketones (excluding diaryl/α,β-unsaturated/α-hetero) is 1. The number of unbranched alkanes of at least 4 members (excludes halogenated alkanes) is 7. The molecule has 1 aromatic rings. The number of nitrogens with one attached hydrogen (secondary N) is 1. The van der Waals surface area contributed by atoms with Crippen LogP contribution in [0.25, 0.3) is 0 Å². The van der Waals surface area contributed by atoms with Gasteiger partial charge in [-0.1, -0.05) is 49.5 Å². The maximum atomic E-state index is 13.1. The number of allylic oxidation sites excluding steroid dienone is 1. The number of aryl methyl sites for hydroxylation is 1. The molecule has 0 radical (unpaired) electrons. The van der Waals surface area contributed by atoms with E-state index < -0.39 is 0 Å². The van der Waals surface area contributed by atoms with Gasteiger partial charge in [-0.15, -0.1) is 10.2 Å². The fraction of sp³-hybridized carbons (Fsp3) is 0.867. The van der Waals surface area contributed by atoms with Gasteiger partial charge in [-0.2, -0.15) is 5.21 Å². The summed E-state index contributed by atoms with van der Waals surface area (Å²) in [5, 5.41) is 14.2. The van der Waals surface area contributed by atoms with Gasteiger partial charge in [0.15, 0.2) is 18.4 Å². The first-order valence-corrected chi connectivity index (χ1v) is 15.7. The SMILES string of the molecule is O=C1C[C@H](OC2CCCCO2)[C@H](C=CCCCCCCOC2CCCCO2)[C@@H]1CCCCCCc1nn[nH]n1. The number of nitrogens with zero attached hydrogens (tertiary/aromatic N) is 3. The molecule has 9 heteroatoms. The van der Waals surface area contributed by atoms with Crippen LogP contribution in [-0.4, -0.2) is 64.9 Å². The monoisotopic (exact) mass is 546 g/mol. The van der Waals surface area contributed by atoms with Crippen LogP contribution < -0.4 is 0 Å². The number of H-pyrrole nitrogens is 1. The molecule has 4 rings (SSSR count). The second kappa shape index (κ2) is 17.9. The second-order valence-corrected chi connectivity index (χ2v) is 11.4. The van der Waals surface area contributed by atoms with Crippen LogP contribution in [0.15, 0.2) is 12.2 Å². The molecule has 2 aliphatic heterocycles. The van der Waals surface area contributed by atoms with Gasteiger partial charge in [-0.3, -0.25) is 4.79 Å². The Bertz CT molecular complexity index is 808. The summed E-state index contributed by atoms with van der Waals surface area (Å²) in [6.45, 7) is 2.40. The standard InChI is InChI=1S/C30H50N4O5/c35-26-23-27(39-30-19-11-14-22-38-30)25(24(26)15-7-4-5-9-17-28-31-33-34-32-28)16-8-3-1-2-6-12-20-36-29-18-10-13-21-37-29/h8,16,24-25,27,29-30H,1-7,9-15,17-23H2,(H,31,32,33,34)/t24-,25+,27-,29?,30?/m0/s1. The minimum atomic E-state index is -0.155. The highest BCUT2D eigenvalue weighted by atomic mass is 16.7. The number of carbonyl (C=O) groups is 1. The molecule has 3 fully saturated rings. The van der Waals surface area contributed by atoms with Gasteiger partial charge in [0, 0.05) is 44.5 Å². The van der Waals surface area contributed by atoms with Gasteiger partial charge < -0.3 is 18.9 Å². The largest absolute Gasteiger partial charge is 0.353 e. The van der Waals surface area contributed by atoms with Crippen molar-refractivity contribution >= 4 is 5.78 Å². The zero-order valence-electron chi connectivity index (χ0n) is 23.8. The molecule has 220 valence electrons. The quantitative estimate of drug-likeness (QED) is 0.180. The summed E-state index contributed by atoms with van der Waals surface area (Å²) in [4.78, 5) is 13.1.